The van der Waals surface area contributed by atoms with Gasteiger partial charge in [-0.2, -0.15) is 0 Å². The molecule has 1 aromatic rings. The van der Waals surface area contributed by atoms with E-state index in [-0.39, 0.29) is 6.10 Å². The summed E-state index contributed by atoms with van der Waals surface area (Å²) >= 11 is 0. The van der Waals surface area contributed by atoms with Crippen molar-refractivity contribution in [1.29, 1.82) is 0 Å². The molecule has 0 aliphatic heterocycles. The van der Waals surface area contributed by atoms with Gasteiger partial charge in [-0.1, -0.05) is 5.16 Å². The molecule has 4 heteroatoms. The number of methoxy groups -OCH3 is 1. The molecule has 0 amide bonds. The van der Waals surface area contributed by atoms with E-state index in [1.807, 2.05) is 19.9 Å². The van der Waals surface area contributed by atoms with Crippen LogP contribution in [-0.2, 0) is 11.3 Å². The summed E-state index contributed by atoms with van der Waals surface area (Å²) in [5.41, 5.74) is 0.911. The Labute approximate surface area is 84.6 Å². The van der Waals surface area contributed by atoms with Crippen molar-refractivity contribution >= 4 is 0 Å². The van der Waals surface area contributed by atoms with Crippen molar-refractivity contribution in [2.75, 3.05) is 7.11 Å². The third kappa shape index (κ3) is 3.12. The highest BCUT2D eigenvalue weighted by atomic mass is 16.5. The molecule has 80 valence electrons. The minimum atomic E-state index is 0.194. The van der Waals surface area contributed by atoms with E-state index in [2.05, 4.69) is 17.4 Å². The van der Waals surface area contributed by atoms with Crippen LogP contribution in [0.5, 0.6) is 0 Å². The van der Waals surface area contributed by atoms with Gasteiger partial charge in [-0.15, -0.1) is 0 Å². The number of aryl methyl sites for hydroxylation is 1. The zero-order valence-electron chi connectivity index (χ0n) is 9.20. The quantitative estimate of drug-likeness (QED) is 0.778. The smallest absolute Gasteiger partial charge is 0.150 e. The van der Waals surface area contributed by atoms with Crippen LogP contribution in [-0.4, -0.2) is 24.4 Å². The van der Waals surface area contributed by atoms with Crippen LogP contribution in [0.2, 0.25) is 0 Å². The summed E-state index contributed by atoms with van der Waals surface area (Å²) in [7, 11) is 1.71. The van der Waals surface area contributed by atoms with E-state index >= 15 is 0 Å². The van der Waals surface area contributed by atoms with Crippen LogP contribution in [0.25, 0.3) is 0 Å². The Kier molecular flexibility index (Phi) is 4.10. The monoisotopic (exact) mass is 198 g/mol. The normalized spacial score (nSPS) is 15.4. The maximum Gasteiger partial charge on any atom is 0.150 e. The molecular formula is C10H18N2O2. The summed E-state index contributed by atoms with van der Waals surface area (Å²) < 4.78 is 10.3. The van der Waals surface area contributed by atoms with Crippen LogP contribution in [0, 0.1) is 6.92 Å². The Balaban J connectivity index is 2.33. The third-order valence-electron chi connectivity index (χ3n) is 2.35. The van der Waals surface area contributed by atoms with Gasteiger partial charge in [-0.3, -0.25) is 0 Å². The molecular weight excluding hydrogens is 180 g/mol. The van der Waals surface area contributed by atoms with Crippen molar-refractivity contribution < 1.29 is 9.26 Å². The highest BCUT2D eigenvalue weighted by Crippen LogP contribution is 2.03. The van der Waals surface area contributed by atoms with E-state index < -0.39 is 0 Å². The molecule has 0 fully saturated rings. The maximum absolute atomic E-state index is 5.20. The molecule has 2 atom stereocenters. The molecule has 0 saturated heterocycles. The van der Waals surface area contributed by atoms with E-state index in [1.54, 1.807) is 7.11 Å². The van der Waals surface area contributed by atoms with Crippen LogP contribution in [0.15, 0.2) is 10.6 Å². The maximum atomic E-state index is 5.20. The molecule has 0 bridgehead atoms. The van der Waals surface area contributed by atoms with E-state index in [9.17, 15) is 0 Å². The van der Waals surface area contributed by atoms with Gasteiger partial charge in [-0.25, -0.2) is 0 Å². The summed E-state index contributed by atoms with van der Waals surface area (Å²) in [4.78, 5) is 0. The summed E-state index contributed by atoms with van der Waals surface area (Å²) in [6, 6.07) is 2.22. The number of rotatable bonds is 5. The highest BCUT2D eigenvalue weighted by molar-refractivity contribution is 5.02. The van der Waals surface area contributed by atoms with E-state index in [4.69, 9.17) is 9.26 Å². The van der Waals surface area contributed by atoms with Gasteiger partial charge >= 0.3 is 0 Å². The molecule has 1 N–H and O–H groups in total. The predicted molar refractivity (Wildman–Crippen MR) is 54.0 cm³/mol. The standard InChI is InChI=1S/C10H18N2O2/c1-7-5-10(14-12-7)6-11-8(2)9(3)13-4/h5,8-9,11H,6H2,1-4H3. The molecule has 0 radical (unpaired) electrons. The zero-order chi connectivity index (χ0) is 10.6. The van der Waals surface area contributed by atoms with Crippen LogP contribution >= 0.6 is 0 Å². The van der Waals surface area contributed by atoms with Crippen LogP contribution < -0.4 is 5.32 Å². The number of nitrogens with one attached hydrogen (secondary N) is 1. The van der Waals surface area contributed by atoms with Gasteiger partial charge in [0.2, 0.25) is 0 Å². The molecule has 0 saturated carbocycles. The second-order valence-corrected chi connectivity index (χ2v) is 3.55. The van der Waals surface area contributed by atoms with Crippen LogP contribution in [0.4, 0.5) is 0 Å². The summed E-state index contributed by atoms with van der Waals surface area (Å²) in [6.07, 6.45) is 0.194. The van der Waals surface area contributed by atoms with Crippen molar-refractivity contribution in [2.45, 2.75) is 39.5 Å². The lowest BCUT2D eigenvalue weighted by atomic mass is 10.2. The first-order valence-corrected chi connectivity index (χ1v) is 4.82. The number of nitrogens with zero attached hydrogens (tertiary/aromatic N) is 1. The third-order valence-corrected chi connectivity index (χ3v) is 2.35. The predicted octanol–water partition coefficient (Wildman–Crippen LogP) is 1.50. The second kappa shape index (κ2) is 5.12. The second-order valence-electron chi connectivity index (χ2n) is 3.55. The SMILES string of the molecule is COC(C)C(C)NCc1cc(C)no1. The van der Waals surface area contributed by atoms with E-state index in [1.165, 1.54) is 0 Å². The van der Waals surface area contributed by atoms with Crippen molar-refractivity contribution in [2.24, 2.45) is 0 Å². The first-order valence-electron chi connectivity index (χ1n) is 4.82. The van der Waals surface area contributed by atoms with Crippen molar-refractivity contribution in [1.82, 2.24) is 10.5 Å². The zero-order valence-corrected chi connectivity index (χ0v) is 9.20. The van der Waals surface area contributed by atoms with Gasteiger partial charge < -0.3 is 14.6 Å². The van der Waals surface area contributed by atoms with Gasteiger partial charge in [0.15, 0.2) is 5.76 Å². The molecule has 1 rings (SSSR count). The van der Waals surface area contributed by atoms with Crippen LogP contribution in [0.3, 0.4) is 0 Å². The first kappa shape index (κ1) is 11.2. The molecule has 1 heterocycles. The fourth-order valence-corrected chi connectivity index (χ4v) is 1.13. The molecule has 0 aromatic carbocycles. The fourth-order valence-electron chi connectivity index (χ4n) is 1.13. The molecule has 4 nitrogen and oxygen atoms in total. The highest BCUT2D eigenvalue weighted by Gasteiger charge is 2.11. The number of aromatic nitrogens is 1. The average Bonchev–Trinajstić information content (AvgIpc) is 2.59. The van der Waals surface area contributed by atoms with Gasteiger partial charge in [0.05, 0.1) is 18.3 Å². The Morgan fingerprint density at radius 1 is 1.57 bits per heavy atom. The van der Waals surface area contributed by atoms with Crippen molar-refractivity contribution in [3.63, 3.8) is 0 Å². The largest absolute Gasteiger partial charge is 0.380 e. The Morgan fingerprint density at radius 3 is 2.79 bits per heavy atom. The minimum Gasteiger partial charge on any atom is -0.380 e. The van der Waals surface area contributed by atoms with Crippen molar-refractivity contribution in [3.05, 3.63) is 17.5 Å². The first-order chi connectivity index (χ1) is 6.63. The number of ether oxygens (including phenoxy) is 1. The Bertz CT molecular complexity index is 273. The van der Waals surface area contributed by atoms with Gasteiger partial charge in [-0.05, 0) is 20.8 Å². The van der Waals surface area contributed by atoms with E-state index in [0.29, 0.717) is 12.6 Å². The van der Waals surface area contributed by atoms with Gasteiger partial charge in [0, 0.05) is 19.2 Å². The lowest BCUT2D eigenvalue weighted by molar-refractivity contribution is 0.0873. The summed E-state index contributed by atoms with van der Waals surface area (Å²) in [6.45, 7) is 6.71. The topological polar surface area (TPSA) is 47.3 Å². The molecule has 1 aromatic heterocycles. The lowest BCUT2D eigenvalue weighted by Crippen LogP contribution is -2.36. The molecule has 2 unspecified atom stereocenters. The van der Waals surface area contributed by atoms with E-state index in [0.717, 1.165) is 11.5 Å². The van der Waals surface area contributed by atoms with Gasteiger partial charge in [0.1, 0.15) is 0 Å². The molecule has 0 spiro atoms. The Morgan fingerprint density at radius 2 is 2.29 bits per heavy atom. The van der Waals surface area contributed by atoms with Crippen molar-refractivity contribution in [3.8, 4) is 0 Å². The Hall–Kier alpha value is -0.870. The van der Waals surface area contributed by atoms with Gasteiger partial charge in [0.25, 0.3) is 0 Å². The summed E-state index contributed by atoms with van der Waals surface area (Å²) in [5, 5.41) is 7.12. The minimum absolute atomic E-state index is 0.194. The summed E-state index contributed by atoms with van der Waals surface area (Å²) in [5.74, 6) is 0.859. The molecule has 0 aliphatic rings. The lowest BCUT2D eigenvalue weighted by Gasteiger charge is -2.18. The van der Waals surface area contributed by atoms with Crippen LogP contribution in [0.1, 0.15) is 25.3 Å². The fraction of sp³-hybridized carbons (Fsp3) is 0.700. The number of hydrogen-bond acceptors (Lipinski definition) is 4. The number of hydrogen-bond donors (Lipinski definition) is 1. The molecule has 14 heavy (non-hydrogen) atoms. The molecule has 0 aliphatic carbocycles. The average molecular weight is 198 g/mol.